The number of nitrogens with two attached hydrogens (primary N) is 2. The van der Waals surface area contributed by atoms with Crippen LogP contribution in [0.1, 0.15) is 44.8 Å². The van der Waals surface area contributed by atoms with E-state index in [1.807, 2.05) is 0 Å². The molecule has 19 heteroatoms. The molecule has 1 aliphatic rings. The van der Waals surface area contributed by atoms with Crippen molar-refractivity contribution < 1.29 is 42.9 Å². The number of aliphatic hydroxyl groups excluding tert-OH is 2. The normalized spacial score (nSPS) is 21.0. The van der Waals surface area contributed by atoms with E-state index in [1.54, 1.807) is 0 Å². The minimum Gasteiger partial charge on any atom is -0.480 e. The summed E-state index contributed by atoms with van der Waals surface area (Å²) in [7, 11) is -2.97. The van der Waals surface area contributed by atoms with E-state index < -0.39 is 52.3 Å². The van der Waals surface area contributed by atoms with E-state index in [4.69, 9.17) is 21.3 Å². The van der Waals surface area contributed by atoms with Gasteiger partial charge in [0.25, 0.3) is 5.91 Å². The van der Waals surface area contributed by atoms with Crippen LogP contribution >= 0.6 is 0 Å². The minimum absolute atomic E-state index is 0.0169. The molecule has 3 heterocycles. The van der Waals surface area contributed by atoms with Crippen LogP contribution in [-0.4, -0.2) is 117 Å². The molecule has 43 heavy (non-hydrogen) atoms. The number of carbonyl (C=O) groups excluding carboxylic acids is 2. The maximum Gasteiger partial charge on any atom is 0.320 e. The lowest BCUT2D eigenvalue weighted by molar-refractivity contribution is -0.140. The number of carboxylic acid groups (broad SMARTS) is 1. The number of hydrogen-bond donors (Lipinski definition) is 8. The number of aromatic nitrogens is 4. The van der Waals surface area contributed by atoms with Crippen molar-refractivity contribution >= 4 is 50.6 Å². The zero-order valence-electron chi connectivity index (χ0n) is 23.7. The third-order valence-electron chi connectivity index (χ3n) is 6.69. The molecule has 18 nitrogen and oxygen atoms in total. The van der Waals surface area contributed by atoms with Gasteiger partial charge in [-0.15, -0.1) is 0 Å². The molecule has 1 aliphatic heterocycles. The first-order chi connectivity index (χ1) is 20.3. The third kappa shape index (κ3) is 9.68. The summed E-state index contributed by atoms with van der Waals surface area (Å²) in [5.41, 5.74) is 11.8. The predicted molar refractivity (Wildman–Crippen MR) is 153 cm³/mol. The van der Waals surface area contributed by atoms with E-state index in [-0.39, 0.29) is 60.6 Å². The van der Waals surface area contributed by atoms with Gasteiger partial charge in [-0.1, -0.05) is 12.8 Å². The molecule has 2 aromatic heterocycles. The van der Waals surface area contributed by atoms with Gasteiger partial charge in [-0.05, 0) is 19.3 Å². The number of aliphatic hydroxyl groups is 2. The Morgan fingerprint density at radius 3 is 2.49 bits per heavy atom. The fourth-order valence-corrected chi connectivity index (χ4v) is 5.08. The van der Waals surface area contributed by atoms with Crippen molar-refractivity contribution in [3.8, 4) is 0 Å². The van der Waals surface area contributed by atoms with Crippen molar-refractivity contribution in [1.82, 2.24) is 30.2 Å². The Bertz CT molecular complexity index is 1390. The maximum atomic E-state index is 12.5. The van der Waals surface area contributed by atoms with Gasteiger partial charge < -0.3 is 47.5 Å². The quantitative estimate of drug-likeness (QED) is 0.0837. The highest BCUT2D eigenvalue weighted by Crippen LogP contribution is 2.32. The number of rotatable bonds is 17. The zero-order chi connectivity index (χ0) is 31.7. The van der Waals surface area contributed by atoms with Crippen LogP contribution in [-0.2, 0) is 29.0 Å². The van der Waals surface area contributed by atoms with E-state index in [9.17, 15) is 33.0 Å². The number of fused-ring (bicyclic) bond motifs is 1. The fraction of sp³-hybridized carbons (Fsp3) is 0.667. The van der Waals surface area contributed by atoms with Gasteiger partial charge in [-0.2, -0.15) is 9.97 Å². The summed E-state index contributed by atoms with van der Waals surface area (Å²) in [4.78, 5) is 48.1. The minimum atomic E-state index is -2.97. The average molecular weight is 630 g/mol. The van der Waals surface area contributed by atoms with Crippen molar-refractivity contribution in [1.29, 1.82) is 0 Å². The molecule has 0 aliphatic carbocycles. The monoisotopic (exact) mass is 629 g/mol. The second-order valence-corrected chi connectivity index (χ2v) is 12.5. The number of unbranched alkanes of at least 4 members (excludes halogenated alkanes) is 3. The van der Waals surface area contributed by atoms with E-state index in [1.165, 1.54) is 17.2 Å². The Labute approximate surface area is 247 Å². The van der Waals surface area contributed by atoms with Crippen LogP contribution in [0.15, 0.2) is 6.33 Å². The van der Waals surface area contributed by atoms with Crippen LogP contribution in [0.3, 0.4) is 0 Å². The van der Waals surface area contributed by atoms with E-state index in [0.717, 1.165) is 12.8 Å². The Morgan fingerprint density at radius 1 is 1.07 bits per heavy atom. The van der Waals surface area contributed by atoms with Gasteiger partial charge in [-0.25, -0.2) is 13.4 Å². The topological polar surface area (TPSA) is 287 Å². The van der Waals surface area contributed by atoms with Crippen molar-refractivity contribution in [3.63, 3.8) is 0 Å². The Kier molecular flexibility index (Phi) is 12.0. The van der Waals surface area contributed by atoms with E-state index in [0.29, 0.717) is 19.3 Å². The number of carbonyl (C=O) groups is 3. The molecule has 10 N–H and O–H groups in total. The largest absolute Gasteiger partial charge is 0.480 e. The number of nitrogen functional groups attached to an aromatic ring is 1. The number of nitrogens with one attached hydrogen (secondary N) is 3. The van der Waals surface area contributed by atoms with Gasteiger partial charge in [0.1, 0.15) is 33.6 Å². The van der Waals surface area contributed by atoms with Crippen molar-refractivity contribution in [2.45, 2.75) is 69.1 Å². The highest BCUT2D eigenvalue weighted by molar-refractivity contribution is 7.90. The predicted octanol–water partition coefficient (Wildman–Crippen LogP) is -2.53. The molecular weight excluding hydrogens is 590 g/mol. The standard InChI is InChI=1S/C24H39N9O9S/c1-43(40,41)11-5-3-2-4-6-14(34)27-9-10-29-24-31-19(26)15-20(32-24)33(12-30-15)22-17(36)16(35)18(42-22)21(37)28-8-7-13(25)23(38)39/h12-13,16-18,22,35-36H,2-11,25H2,1H3,(H,27,34)(H,28,37)(H,38,39)(H3,26,29,31,32)/t13-,16-,17+,18-,22+/m0/s1. The molecule has 0 spiro atoms. The number of sulfone groups is 1. The molecule has 5 atom stereocenters. The Morgan fingerprint density at radius 2 is 1.79 bits per heavy atom. The summed E-state index contributed by atoms with van der Waals surface area (Å²) in [6, 6.07) is -1.17. The lowest BCUT2D eigenvalue weighted by atomic mass is 10.1. The second kappa shape index (κ2) is 15.2. The first-order valence-corrected chi connectivity index (χ1v) is 15.8. The second-order valence-electron chi connectivity index (χ2n) is 10.3. The molecule has 3 rings (SSSR count). The van der Waals surface area contributed by atoms with Crippen LogP contribution in [0.4, 0.5) is 11.8 Å². The molecule has 240 valence electrons. The summed E-state index contributed by atoms with van der Waals surface area (Å²) in [5, 5.41) is 38.1. The first kappa shape index (κ1) is 33.8. The lowest BCUT2D eigenvalue weighted by Gasteiger charge is -2.17. The molecule has 1 fully saturated rings. The molecule has 0 unspecified atom stereocenters. The molecule has 0 saturated carbocycles. The molecule has 0 aromatic carbocycles. The van der Waals surface area contributed by atoms with Crippen LogP contribution in [0.25, 0.3) is 11.2 Å². The molecule has 0 bridgehead atoms. The van der Waals surface area contributed by atoms with Gasteiger partial charge in [0.15, 0.2) is 23.8 Å². The van der Waals surface area contributed by atoms with Gasteiger partial charge in [0, 0.05) is 38.1 Å². The number of amides is 2. The Hall–Kier alpha value is -3.65. The van der Waals surface area contributed by atoms with Crippen LogP contribution in [0, 0.1) is 0 Å². The van der Waals surface area contributed by atoms with Gasteiger partial charge >= 0.3 is 5.97 Å². The van der Waals surface area contributed by atoms with Crippen molar-refractivity contribution in [2.24, 2.45) is 5.73 Å². The number of nitrogens with zero attached hydrogens (tertiary/aromatic N) is 4. The van der Waals surface area contributed by atoms with Crippen molar-refractivity contribution in [3.05, 3.63) is 6.33 Å². The van der Waals surface area contributed by atoms with E-state index in [2.05, 4.69) is 30.9 Å². The zero-order valence-corrected chi connectivity index (χ0v) is 24.5. The summed E-state index contributed by atoms with van der Waals surface area (Å²) >= 11 is 0. The highest BCUT2D eigenvalue weighted by Gasteiger charge is 2.47. The Balaban J connectivity index is 1.52. The molecule has 1 saturated heterocycles. The molecular formula is C24H39N9O9S. The fourth-order valence-electron chi connectivity index (χ4n) is 4.35. The van der Waals surface area contributed by atoms with Crippen LogP contribution in [0.2, 0.25) is 0 Å². The van der Waals surface area contributed by atoms with Crippen LogP contribution in [0.5, 0.6) is 0 Å². The average Bonchev–Trinajstić information content (AvgIpc) is 3.48. The smallest absolute Gasteiger partial charge is 0.320 e. The van der Waals surface area contributed by atoms with Gasteiger partial charge in [0.2, 0.25) is 11.9 Å². The van der Waals surface area contributed by atoms with Gasteiger partial charge in [-0.3, -0.25) is 19.0 Å². The number of hydrogen-bond acceptors (Lipinski definition) is 14. The highest BCUT2D eigenvalue weighted by atomic mass is 32.2. The third-order valence-corrected chi connectivity index (χ3v) is 7.72. The summed E-state index contributed by atoms with van der Waals surface area (Å²) < 4.78 is 29.2. The SMILES string of the molecule is CS(=O)(=O)CCCCCCC(=O)NCCNc1nc(N)c2ncn([C@@H]3O[C@H](C(=O)NCC[C@H](N)C(=O)O)[C@@H](O)[C@H]3O)c2n1. The summed E-state index contributed by atoms with van der Waals surface area (Å²) in [5.74, 6) is -1.87. The number of ether oxygens (including phenoxy) is 1. The summed E-state index contributed by atoms with van der Waals surface area (Å²) in [6.07, 6.45) is -0.426. The number of carboxylic acids is 1. The first-order valence-electron chi connectivity index (χ1n) is 13.7. The lowest BCUT2D eigenvalue weighted by Crippen LogP contribution is -2.44. The molecule has 2 amide bonds. The maximum absolute atomic E-state index is 12.5. The van der Waals surface area contributed by atoms with E-state index >= 15 is 0 Å². The number of anilines is 2. The molecule has 0 radical (unpaired) electrons. The summed E-state index contributed by atoms with van der Waals surface area (Å²) in [6.45, 7) is 0.437. The molecule has 2 aromatic rings. The van der Waals surface area contributed by atoms with Gasteiger partial charge in [0.05, 0.1) is 6.33 Å². The van der Waals surface area contributed by atoms with Crippen molar-refractivity contribution in [2.75, 3.05) is 42.7 Å². The number of imidazole rings is 1. The van der Waals surface area contributed by atoms with Crippen LogP contribution < -0.4 is 27.4 Å². The number of aliphatic carboxylic acids is 1.